The van der Waals surface area contributed by atoms with Crippen molar-refractivity contribution in [3.63, 3.8) is 0 Å². The number of nitrogens with one attached hydrogen (secondary N) is 9. The van der Waals surface area contributed by atoms with Gasteiger partial charge in [-0.15, -0.1) is 0 Å². The van der Waals surface area contributed by atoms with Gasteiger partial charge in [0.2, 0.25) is 47.3 Å². The zero-order chi connectivity index (χ0) is 56.6. The zero-order valence-corrected chi connectivity index (χ0v) is 44.0. The largest absolute Gasteiger partial charge is 0.370 e. The molecule has 0 aliphatic carbocycles. The quantitative estimate of drug-likeness (QED) is 0.0138. The van der Waals surface area contributed by atoms with Crippen LogP contribution in [-0.2, 0) is 64.0 Å². The minimum Gasteiger partial charge on any atom is -0.370 e. The number of fused-ring (bicyclic) bond motifs is 1. The number of amides is 8. The molecule has 5 aromatic rings. The second-order valence-corrected chi connectivity index (χ2v) is 19.3. The predicted molar refractivity (Wildman–Crippen MR) is 294 cm³/mol. The Morgan fingerprint density at radius 3 is 1.71 bits per heavy atom. The van der Waals surface area contributed by atoms with Crippen molar-refractivity contribution in [1.29, 1.82) is 0 Å². The lowest BCUT2D eigenvalue weighted by Crippen LogP contribution is -2.59. The van der Waals surface area contributed by atoms with Crippen LogP contribution in [0.5, 0.6) is 0 Å². The lowest BCUT2D eigenvalue weighted by Gasteiger charge is -2.26. The maximum absolute atomic E-state index is 14.6. The second kappa shape index (κ2) is 30.8. The fourth-order valence-electron chi connectivity index (χ4n) is 8.56. The Hall–Kier alpha value is -8.64. The number of aromatic nitrogens is 3. The number of hydrogen-bond acceptors (Lipinski definition) is 12. The molecule has 24 heteroatoms. The van der Waals surface area contributed by atoms with E-state index in [1.54, 1.807) is 80.7 Å². The Morgan fingerprint density at radius 1 is 0.590 bits per heavy atom. The van der Waals surface area contributed by atoms with Crippen LogP contribution in [0.3, 0.4) is 0 Å². The molecule has 19 N–H and O–H groups in total. The van der Waals surface area contributed by atoms with Crippen LogP contribution < -0.4 is 65.9 Å². The van der Waals surface area contributed by atoms with Crippen molar-refractivity contribution < 1.29 is 38.4 Å². The summed E-state index contributed by atoms with van der Waals surface area (Å²) < 4.78 is 0. The van der Waals surface area contributed by atoms with Gasteiger partial charge in [-0.3, -0.25) is 43.3 Å². The van der Waals surface area contributed by atoms with E-state index in [4.69, 9.17) is 28.7 Å². The minimum absolute atomic E-state index is 0.0194. The average molecular weight is 1080 g/mol. The molecular formula is C54H74N16O8. The monoisotopic (exact) mass is 1070 g/mol. The van der Waals surface area contributed by atoms with E-state index < -0.39 is 96.1 Å². The van der Waals surface area contributed by atoms with E-state index in [0.29, 0.717) is 41.8 Å². The summed E-state index contributed by atoms with van der Waals surface area (Å²) in [5, 5.41) is 19.7. The Balaban J connectivity index is 1.36. The first-order chi connectivity index (χ1) is 37.4. The smallest absolute Gasteiger partial charge is 0.243 e. The summed E-state index contributed by atoms with van der Waals surface area (Å²) in [6, 6.07) is 16.8. The molecule has 7 atom stereocenters. The molecule has 0 aliphatic rings. The molecule has 2 aromatic heterocycles. The summed E-state index contributed by atoms with van der Waals surface area (Å²) >= 11 is 0. The van der Waals surface area contributed by atoms with Gasteiger partial charge < -0.3 is 75.9 Å². The zero-order valence-electron chi connectivity index (χ0n) is 44.0. The molecule has 418 valence electrons. The van der Waals surface area contributed by atoms with Crippen molar-refractivity contribution in [3.05, 3.63) is 126 Å². The number of hydrogen-bond donors (Lipinski definition) is 14. The molecule has 0 saturated carbocycles. The maximum atomic E-state index is 14.6. The summed E-state index contributed by atoms with van der Waals surface area (Å²) in [6.45, 7) is 3.17. The summed E-state index contributed by atoms with van der Waals surface area (Å²) in [5.74, 6) is -6.35. The number of carbonyl (C=O) groups excluding carboxylic acids is 8. The molecule has 24 nitrogen and oxygen atoms in total. The number of unbranched alkanes of at least 4 members (excludes halogenated alkanes) is 1. The number of aromatic amines is 2. The number of carbonyl (C=O) groups is 8. The van der Waals surface area contributed by atoms with Crippen LogP contribution >= 0.6 is 0 Å². The number of imidazole rings is 1. The number of aliphatic imine (C=N–C) groups is 1. The van der Waals surface area contributed by atoms with E-state index >= 15 is 0 Å². The van der Waals surface area contributed by atoms with Crippen molar-refractivity contribution >= 4 is 64.1 Å². The van der Waals surface area contributed by atoms with Gasteiger partial charge in [0.05, 0.1) is 18.9 Å². The number of primary amides is 1. The van der Waals surface area contributed by atoms with Crippen LogP contribution in [-0.4, -0.2) is 130 Å². The number of rotatable bonds is 32. The molecule has 0 saturated heterocycles. The van der Waals surface area contributed by atoms with Gasteiger partial charge in [-0.2, -0.15) is 0 Å². The SMILES string of the molecule is CC(C)[C@H](NC(=O)[C@@H](Cc1ccccc1)NC(=O)[C@H](CCCCN)NC(=O)CNC(=O)[C@H](Cc1c[nH]c2ccccc12)NC(=O)[C@H](CCCN=C(N)N)NC(=O)[C@H](Cc1ccccc1)NC(=O)[C@@H](N)Cc1cnc[nH]1)C(N)=O. The number of benzene rings is 3. The fraction of sp³-hybridized carbons (Fsp3) is 0.407. The summed E-state index contributed by atoms with van der Waals surface area (Å²) in [7, 11) is 0. The Bertz CT molecular complexity index is 2790. The van der Waals surface area contributed by atoms with Gasteiger partial charge in [-0.1, -0.05) is 92.7 Å². The van der Waals surface area contributed by atoms with Gasteiger partial charge in [0.1, 0.15) is 36.3 Å². The first-order valence-electron chi connectivity index (χ1n) is 25.9. The molecule has 3 aromatic carbocycles. The second-order valence-electron chi connectivity index (χ2n) is 19.3. The molecule has 0 fully saturated rings. The normalized spacial score (nSPS) is 13.8. The van der Waals surface area contributed by atoms with Crippen LogP contribution in [0.15, 0.2) is 109 Å². The molecular weight excluding hydrogens is 1000 g/mol. The third-order valence-corrected chi connectivity index (χ3v) is 12.8. The van der Waals surface area contributed by atoms with E-state index in [2.05, 4.69) is 57.2 Å². The third kappa shape index (κ3) is 19.5. The molecule has 0 bridgehead atoms. The van der Waals surface area contributed by atoms with E-state index in [1.165, 1.54) is 12.5 Å². The van der Waals surface area contributed by atoms with E-state index in [0.717, 1.165) is 10.9 Å². The standard InChI is InChI=1S/C54H74N16O8/c1-32(2)46(47(57)72)70-53(78)43(25-34-16-7-4-8-17-34)68-50(75)40(20-11-12-22-55)65-45(71)30-63-49(74)44(26-35-28-62-39-19-10-9-18-37(35)39)69-51(76)41(21-13-23-61-54(58)59)66-52(77)42(24-33-14-5-3-6-15-33)67-48(73)38(56)27-36-29-60-31-64-36/h3-10,14-19,28-29,31-32,38,40-44,46,62H,11-13,20-27,30,55-56H2,1-2H3,(H2,57,72)(H,60,64)(H,63,74)(H,65,71)(H,66,77)(H,67,73)(H,68,75)(H,69,76)(H,70,78)(H4,58,59,61)/t38-,40-,41-,42-,43+,44-,46-/m0/s1. The molecule has 78 heavy (non-hydrogen) atoms. The third-order valence-electron chi connectivity index (χ3n) is 12.8. The van der Waals surface area contributed by atoms with Crippen molar-refractivity contribution in [2.45, 2.75) is 114 Å². The number of para-hydroxylation sites is 1. The number of nitrogens with zero attached hydrogens (tertiary/aromatic N) is 2. The lowest BCUT2D eigenvalue weighted by atomic mass is 10.0. The van der Waals surface area contributed by atoms with Gasteiger partial charge in [-0.05, 0) is 67.3 Å². The minimum atomic E-state index is -1.35. The van der Waals surface area contributed by atoms with Gasteiger partial charge in [0.25, 0.3) is 0 Å². The van der Waals surface area contributed by atoms with Gasteiger partial charge >= 0.3 is 0 Å². The number of H-pyrrole nitrogens is 2. The molecule has 8 amide bonds. The van der Waals surface area contributed by atoms with Crippen LogP contribution in [0.25, 0.3) is 10.9 Å². The molecule has 2 heterocycles. The van der Waals surface area contributed by atoms with E-state index in [-0.39, 0.29) is 63.4 Å². The first kappa shape index (κ1) is 60.2. The van der Waals surface area contributed by atoms with Gasteiger partial charge in [-0.25, -0.2) is 4.98 Å². The highest BCUT2D eigenvalue weighted by molar-refractivity contribution is 5.97. The number of nitrogens with two attached hydrogens (primary N) is 5. The molecule has 0 spiro atoms. The van der Waals surface area contributed by atoms with Crippen molar-refractivity contribution in [1.82, 2.24) is 52.2 Å². The predicted octanol–water partition coefficient (Wildman–Crippen LogP) is -1.16. The van der Waals surface area contributed by atoms with Crippen LogP contribution in [0.1, 0.15) is 68.3 Å². The van der Waals surface area contributed by atoms with Crippen LogP contribution in [0, 0.1) is 5.92 Å². The van der Waals surface area contributed by atoms with E-state index in [1.807, 2.05) is 24.3 Å². The highest BCUT2D eigenvalue weighted by Crippen LogP contribution is 2.20. The van der Waals surface area contributed by atoms with Gasteiger partial charge in [0.15, 0.2) is 5.96 Å². The van der Waals surface area contributed by atoms with Crippen molar-refractivity contribution in [2.24, 2.45) is 39.6 Å². The summed E-state index contributed by atoms with van der Waals surface area (Å²) in [4.78, 5) is 125. The average Bonchev–Trinajstić information content (AvgIpc) is 4.10. The Kier molecular flexibility index (Phi) is 23.8. The first-order valence-corrected chi connectivity index (χ1v) is 25.9. The van der Waals surface area contributed by atoms with Crippen molar-refractivity contribution in [3.8, 4) is 0 Å². The van der Waals surface area contributed by atoms with E-state index in [9.17, 15) is 38.4 Å². The Labute approximate surface area is 452 Å². The Morgan fingerprint density at radius 2 is 1.13 bits per heavy atom. The summed E-state index contributed by atoms with van der Waals surface area (Å²) in [5.41, 5.74) is 32.2. The molecule has 0 unspecified atom stereocenters. The number of guanidine groups is 1. The highest BCUT2D eigenvalue weighted by atomic mass is 16.2. The van der Waals surface area contributed by atoms with Crippen LogP contribution in [0.4, 0.5) is 0 Å². The fourth-order valence-corrected chi connectivity index (χ4v) is 8.56. The molecule has 5 rings (SSSR count). The van der Waals surface area contributed by atoms with Crippen molar-refractivity contribution in [2.75, 3.05) is 19.6 Å². The molecule has 0 aliphatic heterocycles. The highest BCUT2D eigenvalue weighted by Gasteiger charge is 2.33. The lowest BCUT2D eigenvalue weighted by molar-refractivity contribution is -0.134. The molecule has 0 radical (unpaired) electrons. The topological polar surface area (TPSA) is 408 Å². The summed E-state index contributed by atoms with van der Waals surface area (Å²) in [6.07, 6.45) is 5.97. The maximum Gasteiger partial charge on any atom is 0.243 e. The van der Waals surface area contributed by atoms with Crippen LogP contribution in [0.2, 0.25) is 0 Å². The van der Waals surface area contributed by atoms with Gasteiger partial charge in [0, 0.05) is 61.2 Å².